The van der Waals surface area contributed by atoms with E-state index in [0.717, 1.165) is 45.3 Å². The average molecular weight is 644 g/mol. The maximum Gasteiger partial charge on any atom is 0.409 e. The molecule has 0 heterocycles. The first-order valence-corrected chi connectivity index (χ1v) is 19.7. The SMILES string of the molecule is CCCCC/C=C\C/C=C\CCCCCCCCN(CCCCCCCC/C=C\C/C=C\CCCCC)C(=O)OCCNCCN. The van der Waals surface area contributed by atoms with Gasteiger partial charge in [0.15, 0.2) is 0 Å². The maximum absolute atomic E-state index is 12.8. The van der Waals surface area contributed by atoms with Crippen LogP contribution in [0, 0.1) is 0 Å². The van der Waals surface area contributed by atoms with Crippen LogP contribution < -0.4 is 11.1 Å². The van der Waals surface area contributed by atoms with E-state index in [0.29, 0.717) is 19.7 Å². The fourth-order valence-corrected chi connectivity index (χ4v) is 5.40. The molecule has 0 saturated carbocycles. The molecule has 0 aromatic heterocycles. The van der Waals surface area contributed by atoms with Crippen LogP contribution in [-0.4, -0.2) is 50.3 Å². The van der Waals surface area contributed by atoms with Crippen molar-refractivity contribution in [2.45, 2.75) is 168 Å². The number of carbonyl (C=O) groups excluding carboxylic acids is 1. The third-order valence-electron chi connectivity index (χ3n) is 8.34. The van der Waals surface area contributed by atoms with Gasteiger partial charge in [-0.25, -0.2) is 4.79 Å². The lowest BCUT2D eigenvalue weighted by molar-refractivity contribution is 0.101. The van der Waals surface area contributed by atoms with Crippen molar-refractivity contribution in [3.63, 3.8) is 0 Å². The first kappa shape index (κ1) is 44.1. The van der Waals surface area contributed by atoms with Gasteiger partial charge in [0.2, 0.25) is 0 Å². The second-order valence-electron chi connectivity index (χ2n) is 12.8. The third-order valence-corrected chi connectivity index (χ3v) is 8.34. The predicted molar refractivity (Wildman–Crippen MR) is 204 cm³/mol. The van der Waals surface area contributed by atoms with Gasteiger partial charge in [-0.15, -0.1) is 0 Å². The van der Waals surface area contributed by atoms with E-state index in [4.69, 9.17) is 10.5 Å². The lowest BCUT2D eigenvalue weighted by Gasteiger charge is -2.22. The smallest absolute Gasteiger partial charge is 0.409 e. The van der Waals surface area contributed by atoms with E-state index < -0.39 is 0 Å². The lowest BCUT2D eigenvalue weighted by Crippen LogP contribution is -2.35. The Hall–Kier alpha value is -1.85. The van der Waals surface area contributed by atoms with E-state index in [1.54, 1.807) is 0 Å². The summed E-state index contributed by atoms with van der Waals surface area (Å²) in [6.07, 6.45) is 48.1. The Kier molecular flexibility index (Phi) is 37.7. The largest absolute Gasteiger partial charge is 0.448 e. The van der Waals surface area contributed by atoms with Crippen molar-refractivity contribution in [1.29, 1.82) is 0 Å². The molecule has 0 rings (SSSR count). The summed E-state index contributed by atoms with van der Waals surface area (Å²) < 4.78 is 5.57. The second kappa shape index (κ2) is 39.3. The molecule has 0 radical (unpaired) electrons. The number of unbranched alkanes of at least 4 members (excludes halogenated alkanes) is 18. The Morgan fingerprint density at radius 3 is 1.35 bits per heavy atom. The summed E-state index contributed by atoms with van der Waals surface area (Å²) >= 11 is 0. The monoisotopic (exact) mass is 644 g/mol. The molecule has 0 aromatic carbocycles. The molecule has 5 heteroatoms. The van der Waals surface area contributed by atoms with E-state index in [-0.39, 0.29) is 6.09 Å². The summed E-state index contributed by atoms with van der Waals surface area (Å²) in [6, 6.07) is 0. The summed E-state index contributed by atoms with van der Waals surface area (Å²) in [5.41, 5.74) is 5.53. The van der Waals surface area contributed by atoms with Crippen LogP contribution in [0.1, 0.15) is 168 Å². The molecule has 0 bridgehead atoms. The van der Waals surface area contributed by atoms with Gasteiger partial charge in [-0.2, -0.15) is 0 Å². The maximum atomic E-state index is 12.8. The highest BCUT2D eigenvalue weighted by Crippen LogP contribution is 2.12. The molecule has 0 saturated heterocycles. The van der Waals surface area contributed by atoms with E-state index >= 15 is 0 Å². The van der Waals surface area contributed by atoms with Crippen molar-refractivity contribution >= 4 is 6.09 Å². The Balaban J connectivity index is 4.01. The van der Waals surface area contributed by atoms with Crippen molar-refractivity contribution in [2.75, 3.05) is 39.3 Å². The molecule has 0 fully saturated rings. The highest BCUT2D eigenvalue weighted by molar-refractivity contribution is 5.67. The molecule has 3 N–H and O–H groups in total. The quantitative estimate of drug-likeness (QED) is 0.0532. The summed E-state index contributed by atoms with van der Waals surface area (Å²) in [5.74, 6) is 0. The molecule has 268 valence electrons. The summed E-state index contributed by atoms with van der Waals surface area (Å²) in [6.45, 7) is 8.55. The van der Waals surface area contributed by atoms with Gasteiger partial charge < -0.3 is 20.7 Å². The average Bonchev–Trinajstić information content (AvgIpc) is 3.06. The van der Waals surface area contributed by atoms with Crippen LogP contribution in [0.25, 0.3) is 0 Å². The Labute approximate surface area is 287 Å². The van der Waals surface area contributed by atoms with Crippen LogP contribution >= 0.6 is 0 Å². The van der Waals surface area contributed by atoms with E-state index in [1.165, 1.54) is 128 Å². The van der Waals surface area contributed by atoms with Crippen LogP contribution in [0.2, 0.25) is 0 Å². The number of carbonyl (C=O) groups is 1. The predicted octanol–water partition coefficient (Wildman–Crippen LogP) is 11.6. The first-order chi connectivity index (χ1) is 22.8. The molecule has 0 aromatic rings. The molecular formula is C41H77N3O2. The zero-order valence-corrected chi connectivity index (χ0v) is 30.7. The fraction of sp³-hybridized carbons (Fsp3) is 0.780. The minimum Gasteiger partial charge on any atom is -0.448 e. The number of hydrogen-bond donors (Lipinski definition) is 2. The fourth-order valence-electron chi connectivity index (χ4n) is 5.40. The molecule has 0 aliphatic carbocycles. The van der Waals surface area contributed by atoms with Crippen LogP contribution in [0.4, 0.5) is 4.79 Å². The van der Waals surface area contributed by atoms with Crippen molar-refractivity contribution in [3.8, 4) is 0 Å². The van der Waals surface area contributed by atoms with Crippen LogP contribution in [0.15, 0.2) is 48.6 Å². The highest BCUT2D eigenvalue weighted by Gasteiger charge is 2.14. The first-order valence-electron chi connectivity index (χ1n) is 19.7. The number of hydrogen-bond acceptors (Lipinski definition) is 4. The summed E-state index contributed by atoms with van der Waals surface area (Å²) in [7, 11) is 0. The molecular weight excluding hydrogens is 566 g/mol. The van der Waals surface area contributed by atoms with Crippen molar-refractivity contribution in [1.82, 2.24) is 10.2 Å². The molecule has 5 nitrogen and oxygen atoms in total. The van der Waals surface area contributed by atoms with Gasteiger partial charge in [-0.3, -0.25) is 0 Å². The van der Waals surface area contributed by atoms with Gasteiger partial charge in [-0.05, 0) is 77.0 Å². The number of nitrogens with two attached hydrogens (primary N) is 1. The van der Waals surface area contributed by atoms with E-state index in [1.807, 2.05) is 4.90 Å². The van der Waals surface area contributed by atoms with Crippen molar-refractivity contribution < 1.29 is 9.53 Å². The molecule has 1 amide bonds. The van der Waals surface area contributed by atoms with Gasteiger partial charge in [0.1, 0.15) is 6.61 Å². The number of ether oxygens (including phenoxy) is 1. The van der Waals surface area contributed by atoms with Crippen LogP contribution in [0.5, 0.6) is 0 Å². The van der Waals surface area contributed by atoms with Crippen LogP contribution in [-0.2, 0) is 4.74 Å². The third kappa shape index (κ3) is 35.0. The minimum absolute atomic E-state index is 0.153. The van der Waals surface area contributed by atoms with Gasteiger partial charge in [-0.1, -0.05) is 140 Å². The molecule has 0 aliphatic rings. The van der Waals surface area contributed by atoms with Gasteiger partial charge in [0.05, 0.1) is 0 Å². The van der Waals surface area contributed by atoms with Crippen molar-refractivity contribution in [2.24, 2.45) is 5.73 Å². The Morgan fingerprint density at radius 2 is 0.935 bits per heavy atom. The minimum atomic E-state index is -0.153. The van der Waals surface area contributed by atoms with Crippen LogP contribution in [0.3, 0.4) is 0 Å². The zero-order valence-electron chi connectivity index (χ0n) is 30.7. The second-order valence-corrected chi connectivity index (χ2v) is 12.8. The number of nitrogens with one attached hydrogen (secondary N) is 1. The van der Waals surface area contributed by atoms with Crippen molar-refractivity contribution in [3.05, 3.63) is 48.6 Å². The molecule has 0 unspecified atom stereocenters. The lowest BCUT2D eigenvalue weighted by atomic mass is 10.1. The number of nitrogens with zero attached hydrogens (tertiary/aromatic N) is 1. The number of amides is 1. The van der Waals surface area contributed by atoms with Gasteiger partial charge in [0, 0.05) is 32.7 Å². The molecule has 0 spiro atoms. The molecule has 46 heavy (non-hydrogen) atoms. The zero-order chi connectivity index (χ0) is 33.4. The Morgan fingerprint density at radius 1 is 0.543 bits per heavy atom. The van der Waals surface area contributed by atoms with Gasteiger partial charge >= 0.3 is 6.09 Å². The topological polar surface area (TPSA) is 67.6 Å². The standard InChI is InChI=1S/C41H77N3O2/c1-3-5-7-9-11-13-15-17-19-21-23-25-27-29-31-33-38-44(41(45)46-40-37-43-36-35-42)39-34-32-30-28-26-24-22-20-18-16-14-12-10-8-6-4-2/h11-14,17-20,43H,3-10,15-16,21-40,42H2,1-2H3/b13-11-,14-12-,19-17-,20-18-. The van der Waals surface area contributed by atoms with Gasteiger partial charge in [0.25, 0.3) is 0 Å². The number of allylic oxidation sites excluding steroid dienone is 8. The summed E-state index contributed by atoms with van der Waals surface area (Å²) in [4.78, 5) is 14.7. The number of rotatable bonds is 35. The van der Waals surface area contributed by atoms with E-state index in [9.17, 15) is 4.79 Å². The molecule has 0 atom stereocenters. The van der Waals surface area contributed by atoms with E-state index in [2.05, 4.69) is 67.8 Å². The molecule has 0 aliphatic heterocycles. The Bertz CT molecular complexity index is 683. The normalized spacial score (nSPS) is 12.1. The summed E-state index contributed by atoms with van der Waals surface area (Å²) in [5, 5.41) is 3.20. The highest BCUT2D eigenvalue weighted by atomic mass is 16.6.